The highest BCUT2D eigenvalue weighted by Gasteiger charge is 2.09. The maximum absolute atomic E-state index is 12.5. The number of hydrogen-bond donors (Lipinski definition) is 2. The second-order valence-electron chi connectivity index (χ2n) is 3.99. The van der Waals surface area contributed by atoms with Gasteiger partial charge in [0.15, 0.2) is 0 Å². The molecule has 1 aromatic carbocycles. The number of nitrogens with zero attached hydrogens (tertiary/aromatic N) is 2. The maximum Gasteiger partial charge on any atom is 0.118 e. The van der Waals surface area contributed by atoms with Gasteiger partial charge in [0.25, 0.3) is 0 Å². The van der Waals surface area contributed by atoms with Crippen LogP contribution in [0.1, 0.15) is 5.56 Å². The fourth-order valence-corrected chi connectivity index (χ4v) is 1.84. The Morgan fingerprint density at radius 2 is 2.00 bits per heavy atom. The first-order valence-corrected chi connectivity index (χ1v) is 5.46. The quantitative estimate of drug-likeness (QED) is 0.727. The number of H-pyrrole nitrogens is 1. The van der Waals surface area contributed by atoms with Crippen LogP contribution < -0.4 is 0 Å². The van der Waals surface area contributed by atoms with E-state index in [0.717, 1.165) is 5.56 Å². The first kappa shape index (κ1) is 10.7. The topological polar surface area (TPSA) is 61.8 Å². The number of aromatic nitrogens is 3. The van der Waals surface area contributed by atoms with E-state index >= 15 is 0 Å². The number of phenols is 1. The zero-order valence-electron chi connectivity index (χ0n) is 9.39. The van der Waals surface area contributed by atoms with E-state index in [1.165, 1.54) is 6.20 Å². The van der Waals surface area contributed by atoms with E-state index < -0.39 is 6.67 Å². The Bertz CT molecular complexity index is 691. The van der Waals surface area contributed by atoms with Crippen LogP contribution in [-0.2, 0) is 6.67 Å². The Kier molecular flexibility index (Phi) is 2.44. The van der Waals surface area contributed by atoms with Gasteiger partial charge in [0.05, 0.1) is 5.52 Å². The standard InChI is InChI=1S/C13H10FN3O/c14-6-8-5-11-13(15-7-8)12(17-16-11)9-1-3-10(18)4-2-9/h1-5,7,18H,6H2,(H,16,17). The van der Waals surface area contributed by atoms with Crippen molar-refractivity contribution in [2.75, 3.05) is 0 Å². The van der Waals surface area contributed by atoms with E-state index in [9.17, 15) is 9.50 Å². The molecule has 3 rings (SSSR count). The summed E-state index contributed by atoms with van der Waals surface area (Å²) in [5.74, 6) is 0.200. The number of aromatic hydroxyl groups is 1. The predicted molar refractivity (Wildman–Crippen MR) is 65.8 cm³/mol. The van der Waals surface area contributed by atoms with Crippen LogP contribution in [0, 0.1) is 0 Å². The molecule has 0 radical (unpaired) electrons. The van der Waals surface area contributed by atoms with Gasteiger partial charge in [0.2, 0.25) is 0 Å². The van der Waals surface area contributed by atoms with Crippen molar-refractivity contribution in [1.82, 2.24) is 15.2 Å². The van der Waals surface area contributed by atoms with Gasteiger partial charge in [-0.1, -0.05) is 0 Å². The van der Waals surface area contributed by atoms with Gasteiger partial charge in [-0.15, -0.1) is 0 Å². The molecule has 0 bridgehead atoms. The minimum atomic E-state index is -0.545. The summed E-state index contributed by atoms with van der Waals surface area (Å²) < 4.78 is 12.5. The van der Waals surface area contributed by atoms with Gasteiger partial charge in [-0.25, -0.2) is 4.39 Å². The number of aromatic amines is 1. The molecule has 5 heteroatoms. The summed E-state index contributed by atoms with van der Waals surface area (Å²) in [4.78, 5) is 4.21. The van der Waals surface area contributed by atoms with Gasteiger partial charge < -0.3 is 5.11 Å². The van der Waals surface area contributed by atoms with Crippen molar-refractivity contribution >= 4 is 11.0 Å². The summed E-state index contributed by atoms with van der Waals surface area (Å²) in [5, 5.41) is 16.3. The van der Waals surface area contributed by atoms with E-state index in [0.29, 0.717) is 22.3 Å². The summed E-state index contributed by atoms with van der Waals surface area (Å²) in [5.41, 5.74) is 3.45. The lowest BCUT2D eigenvalue weighted by Gasteiger charge is -1.98. The number of nitrogens with one attached hydrogen (secondary N) is 1. The third-order valence-corrected chi connectivity index (χ3v) is 2.75. The molecule has 0 fully saturated rings. The average Bonchev–Trinajstić information content (AvgIpc) is 2.82. The van der Waals surface area contributed by atoms with Gasteiger partial charge in [-0.3, -0.25) is 10.1 Å². The van der Waals surface area contributed by atoms with Crippen LogP contribution in [0.25, 0.3) is 22.3 Å². The highest BCUT2D eigenvalue weighted by atomic mass is 19.1. The molecular weight excluding hydrogens is 233 g/mol. The molecule has 0 aliphatic carbocycles. The zero-order valence-corrected chi connectivity index (χ0v) is 9.39. The number of halogens is 1. The van der Waals surface area contributed by atoms with Crippen LogP contribution in [0.4, 0.5) is 4.39 Å². The molecule has 0 spiro atoms. The van der Waals surface area contributed by atoms with Crippen LogP contribution in [-0.4, -0.2) is 20.3 Å². The zero-order chi connectivity index (χ0) is 12.5. The number of alkyl halides is 1. The molecule has 0 unspecified atom stereocenters. The summed E-state index contributed by atoms with van der Waals surface area (Å²) in [6, 6.07) is 8.39. The molecule has 0 saturated heterocycles. The molecule has 4 nitrogen and oxygen atoms in total. The van der Waals surface area contributed by atoms with E-state index in [1.807, 2.05) is 0 Å². The molecular formula is C13H10FN3O. The number of fused-ring (bicyclic) bond motifs is 1. The van der Waals surface area contributed by atoms with Gasteiger partial charge in [0.1, 0.15) is 23.6 Å². The van der Waals surface area contributed by atoms with Crippen molar-refractivity contribution in [1.29, 1.82) is 0 Å². The van der Waals surface area contributed by atoms with Crippen molar-refractivity contribution in [3.63, 3.8) is 0 Å². The van der Waals surface area contributed by atoms with Crippen molar-refractivity contribution in [3.8, 4) is 17.0 Å². The van der Waals surface area contributed by atoms with Crippen molar-refractivity contribution < 1.29 is 9.50 Å². The van der Waals surface area contributed by atoms with Gasteiger partial charge in [-0.2, -0.15) is 5.10 Å². The maximum atomic E-state index is 12.5. The van der Waals surface area contributed by atoms with E-state index in [2.05, 4.69) is 15.2 Å². The lowest BCUT2D eigenvalue weighted by Crippen LogP contribution is -1.83. The second kappa shape index (κ2) is 4.10. The molecule has 90 valence electrons. The Morgan fingerprint density at radius 3 is 2.72 bits per heavy atom. The number of rotatable bonds is 2. The number of phenolic OH excluding ortho intramolecular Hbond substituents is 1. The lowest BCUT2D eigenvalue weighted by molar-refractivity contribution is 0.475. The van der Waals surface area contributed by atoms with Crippen molar-refractivity contribution in [2.24, 2.45) is 0 Å². The second-order valence-corrected chi connectivity index (χ2v) is 3.99. The fraction of sp³-hybridized carbons (Fsp3) is 0.0769. The first-order valence-electron chi connectivity index (χ1n) is 5.46. The number of benzene rings is 1. The minimum absolute atomic E-state index is 0.200. The normalized spacial score (nSPS) is 10.9. The third kappa shape index (κ3) is 1.69. The molecule has 0 aliphatic heterocycles. The van der Waals surface area contributed by atoms with E-state index in [1.54, 1.807) is 30.3 Å². The highest BCUT2D eigenvalue weighted by molar-refractivity contribution is 5.89. The van der Waals surface area contributed by atoms with Gasteiger partial charge in [0, 0.05) is 17.3 Å². The largest absolute Gasteiger partial charge is 0.508 e. The average molecular weight is 243 g/mol. The van der Waals surface area contributed by atoms with E-state index in [-0.39, 0.29) is 5.75 Å². The van der Waals surface area contributed by atoms with Gasteiger partial charge in [-0.05, 0) is 30.3 Å². The summed E-state index contributed by atoms with van der Waals surface area (Å²) >= 11 is 0. The van der Waals surface area contributed by atoms with E-state index in [4.69, 9.17) is 0 Å². The van der Waals surface area contributed by atoms with Crippen molar-refractivity contribution in [3.05, 3.63) is 42.1 Å². The molecule has 2 aromatic heterocycles. The molecule has 3 aromatic rings. The molecule has 0 saturated carbocycles. The molecule has 2 heterocycles. The van der Waals surface area contributed by atoms with Crippen LogP contribution in [0.15, 0.2) is 36.5 Å². The van der Waals surface area contributed by atoms with Crippen LogP contribution in [0.5, 0.6) is 5.75 Å². The summed E-state index contributed by atoms with van der Waals surface area (Å²) in [6.45, 7) is -0.545. The molecule has 18 heavy (non-hydrogen) atoms. The Morgan fingerprint density at radius 1 is 1.22 bits per heavy atom. The summed E-state index contributed by atoms with van der Waals surface area (Å²) in [6.07, 6.45) is 1.50. The number of hydrogen-bond acceptors (Lipinski definition) is 3. The minimum Gasteiger partial charge on any atom is -0.508 e. The monoisotopic (exact) mass is 243 g/mol. The Labute approximate surface area is 102 Å². The van der Waals surface area contributed by atoms with Crippen molar-refractivity contribution in [2.45, 2.75) is 6.67 Å². The van der Waals surface area contributed by atoms with Gasteiger partial charge >= 0.3 is 0 Å². The first-order chi connectivity index (χ1) is 8.78. The third-order valence-electron chi connectivity index (χ3n) is 2.75. The van der Waals surface area contributed by atoms with Crippen LogP contribution in [0.2, 0.25) is 0 Å². The highest BCUT2D eigenvalue weighted by Crippen LogP contribution is 2.26. The Hall–Kier alpha value is -2.43. The molecule has 0 amide bonds. The molecule has 0 aliphatic rings. The Balaban J connectivity index is 2.15. The molecule has 0 atom stereocenters. The van der Waals surface area contributed by atoms with Crippen LogP contribution >= 0.6 is 0 Å². The SMILES string of the molecule is Oc1ccc(-c2n[nH]c3cc(CF)cnc23)cc1. The predicted octanol–water partition coefficient (Wildman–Crippen LogP) is 2.80. The number of pyridine rings is 1. The summed E-state index contributed by atoms with van der Waals surface area (Å²) in [7, 11) is 0. The molecule has 2 N–H and O–H groups in total. The lowest BCUT2D eigenvalue weighted by atomic mass is 10.1. The fourth-order valence-electron chi connectivity index (χ4n) is 1.84. The smallest absolute Gasteiger partial charge is 0.118 e. The van der Waals surface area contributed by atoms with Crippen LogP contribution in [0.3, 0.4) is 0 Å².